The first-order valence-electron chi connectivity index (χ1n) is 5.38. The van der Waals surface area contributed by atoms with Crippen molar-refractivity contribution in [1.82, 2.24) is 0 Å². The monoisotopic (exact) mass is 233 g/mol. The van der Waals surface area contributed by atoms with E-state index < -0.39 is 12.0 Å². The molecular formula is C10H19NO3S. The van der Waals surface area contributed by atoms with Gasteiger partial charge in [0.15, 0.2) is 0 Å². The second kappa shape index (κ2) is 7.09. The average Bonchev–Trinajstić information content (AvgIpc) is 2.69. The molecule has 1 aliphatic rings. The van der Waals surface area contributed by atoms with Crippen molar-refractivity contribution in [2.75, 3.05) is 18.1 Å². The van der Waals surface area contributed by atoms with Crippen LogP contribution in [0.1, 0.15) is 25.7 Å². The molecule has 1 rings (SSSR count). The maximum absolute atomic E-state index is 10.4. The molecule has 15 heavy (non-hydrogen) atoms. The number of rotatable bonds is 7. The summed E-state index contributed by atoms with van der Waals surface area (Å²) in [5.74, 6) is 0.559. The van der Waals surface area contributed by atoms with E-state index in [-0.39, 0.29) is 0 Å². The fraction of sp³-hybridized carbons (Fsp3) is 0.900. The van der Waals surface area contributed by atoms with Gasteiger partial charge in [-0.1, -0.05) is 0 Å². The van der Waals surface area contributed by atoms with Crippen molar-refractivity contribution in [2.24, 2.45) is 5.73 Å². The first kappa shape index (κ1) is 12.8. The van der Waals surface area contributed by atoms with E-state index in [4.69, 9.17) is 15.6 Å². The predicted molar refractivity (Wildman–Crippen MR) is 61.1 cm³/mol. The number of nitrogens with two attached hydrogens (primary N) is 1. The van der Waals surface area contributed by atoms with Crippen molar-refractivity contribution < 1.29 is 14.6 Å². The molecule has 3 N–H and O–H groups in total. The molecule has 0 aromatic carbocycles. The molecule has 0 aromatic rings. The molecular weight excluding hydrogens is 214 g/mol. The first-order valence-corrected chi connectivity index (χ1v) is 6.53. The van der Waals surface area contributed by atoms with Crippen LogP contribution < -0.4 is 5.73 Å². The predicted octanol–water partition coefficient (Wildman–Crippen LogP) is 1.09. The average molecular weight is 233 g/mol. The van der Waals surface area contributed by atoms with Crippen LogP contribution in [-0.2, 0) is 9.53 Å². The number of aliphatic carboxylic acids is 1. The van der Waals surface area contributed by atoms with Crippen LogP contribution in [-0.4, -0.2) is 41.3 Å². The number of carboxylic acids is 1. The molecule has 88 valence electrons. The summed E-state index contributed by atoms with van der Waals surface area (Å²) >= 11 is 1.61. The largest absolute Gasteiger partial charge is 0.480 e. The number of carbonyl (C=O) groups is 1. The van der Waals surface area contributed by atoms with E-state index in [1.54, 1.807) is 11.8 Å². The highest BCUT2D eigenvalue weighted by Gasteiger charge is 2.15. The lowest BCUT2D eigenvalue weighted by molar-refractivity contribution is -0.137. The Hall–Kier alpha value is -0.260. The van der Waals surface area contributed by atoms with Gasteiger partial charge in [-0.3, -0.25) is 4.79 Å². The highest BCUT2D eigenvalue weighted by atomic mass is 32.2. The van der Waals surface area contributed by atoms with Gasteiger partial charge in [-0.05, 0) is 31.4 Å². The smallest absolute Gasteiger partial charge is 0.321 e. The summed E-state index contributed by atoms with van der Waals surface area (Å²) in [5.41, 5.74) is 5.38. The van der Waals surface area contributed by atoms with Crippen LogP contribution in [0, 0.1) is 0 Å². The molecule has 1 aliphatic heterocycles. The van der Waals surface area contributed by atoms with E-state index >= 15 is 0 Å². The number of hydrogen-bond donors (Lipinski definition) is 2. The molecule has 1 heterocycles. The van der Waals surface area contributed by atoms with Gasteiger partial charge in [0.2, 0.25) is 0 Å². The molecule has 0 aliphatic carbocycles. The standard InChI is InChI=1S/C10H19NO3S/c11-9(10(12)13)7-15-6-2-4-8-3-1-5-14-8/h8-9H,1-7,11H2,(H,12,13). The van der Waals surface area contributed by atoms with Crippen molar-refractivity contribution in [2.45, 2.75) is 37.8 Å². The molecule has 0 aromatic heterocycles. The van der Waals surface area contributed by atoms with Gasteiger partial charge in [0.25, 0.3) is 0 Å². The van der Waals surface area contributed by atoms with Crippen LogP contribution >= 0.6 is 11.8 Å². The molecule has 5 heteroatoms. The quantitative estimate of drug-likeness (QED) is 0.644. The van der Waals surface area contributed by atoms with E-state index in [1.807, 2.05) is 0 Å². The summed E-state index contributed by atoms with van der Waals surface area (Å²) in [6.07, 6.45) is 4.98. The van der Waals surface area contributed by atoms with Crippen molar-refractivity contribution in [3.63, 3.8) is 0 Å². The molecule has 2 unspecified atom stereocenters. The number of ether oxygens (including phenoxy) is 1. The van der Waals surface area contributed by atoms with Gasteiger partial charge >= 0.3 is 5.97 Å². The van der Waals surface area contributed by atoms with E-state index in [2.05, 4.69) is 0 Å². The topological polar surface area (TPSA) is 72.5 Å². The number of hydrogen-bond acceptors (Lipinski definition) is 4. The second-order valence-electron chi connectivity index (χ2n) is 3.80. The number of thioether (sulfide) groups is 1. The maximum atomic E-state index is 10.4. The van der Waals surface area contributed by atoms with Crippen LogP contribution in [0.3, 0.4) is 0 Å². The van der Waals surface area contributed by atoms with E-state index in [9.17, 15) is 4.79 Å². The molecule has 1 saturated heterocycles. The van der Waals surface area contributed by atoms with Crippen molar-refractivity contribution >= 4 is 17.7 Å². The Kier molecular flexibility index (Phi) is 6.05. The van der Waals surface area contributed by atoms with Gasteiger partial charge in [-0.2, -0.15) is 11.8 Å². The molecule has 0 spiro atoms. The highest BCUT2D eigenvalue weighted by molar-refractivity contribution is 7.99. The molecule has 0 bridgehead atoms. The summed E-state index contributed by atoms with van der Waals surface area (Å²) in [6.45, 7) is 0.904. The Morgan fingerprint density at radius 3 is 3.07 bits per heavy atom. The van der Waals surface area contributed by atoms with Crippen molar-refractivity contribution in [3.05, 3.63) is 0 Å². The van der Waals surface area contributed by atoms with Crippen LogP contribution in [0.15, 0.2) is 0 Å². The van der Waals surface area contributed by atoms with Crippen LogP contribution in [0.25, 0.3) is 0 Å². The Balaban J connectivity index is 1.90. The van der Waals surface area contributed by atoms with Gasteiger partial charge in [-0.15, -0.1) is 0 Å². The van der Waals surface area contributed by atoms with Crippen molar-refractivity contribution in [3.8, 4) is 0 Å². The summed E-state index contributed by atoms with van der Waals surface area (Å²) in [5, 5.41) is 8.55. The fourth-order valence-electron chi connectivity index (χ4n) is 1.57. The molecule has 0 amide bonds. The Labute approximate surface area is 94.6 Å². The van der Waals surface area contributed by atoms with Gasteiger partial charge in [0.1, 0.15) is 6.04 Å². The molecule has 0 saturated carbocycles. The molecule has 1 fully saturated rings. The maximum Gasteiger partial charge on any atom is 0.321 e. The lowest BCUT2D eigenvalue weighted by Crippen LogP contribution is -2.32. The third kappa shape index (κ3) is 5.39. The van der Waals surface area contributed by atoms with E-state index in [0.29, 0.717) is 11.9 Å². The second-order valence-corrected chi connectivity index (χ2v) is 4.95. The third-order valence-electron chi connectivity index (χ3n) is 2.45. The fourth-order valence-corrected chi connectivity index (χ4v) is 2.50. The van der Waals surface area contributed by atoms with E-state index in [0.717, 1.165) is 25.2 Å². The SMILES string of the molecule is NC(CSCCCC1CCCO1)C(=O)O. The Bertz CT molecular complexity index is 195. The minimum atomic E-state index is -0.915. The normalized spacial score (nSPS) is 22.9. The summed E-state index contributed by atoms with van der Waals surface area (Å²) in [4.78, 5) is 10.4. The zero-order chi connectivity index (χ0) is 11.1. The highest BCUT2D eigenvalue weighted by Crippen LogP contribution is 2.18. The van der Waals surface area contributed by atoms with E-state index in [1.165, 1.54) is 12.8 Å². The minimum absolute atomic E-state index is 0.443. The summed E-state index contributed by atoms with van der Waals surface area (Å²) in [7, 11) is 0. The number of carboxylic acid groups (broad SMARTS) is 1. The molecule has 0 radical (unpaired) electrons. The van der Waals surface area contributed by atoms with Gasteiger partial charge in [-0.25, -0.2) is 0 Å². The Morgan fingerprint density at radius 1 is 1.67 bits per heavy atom. The van der Waals surface area contributed by atoms with Crippen LogP contribution in [0.2, 0.25) is 0 Å². The van der Waals surface area contributed by atoms with Gasteiger partial charge < -0.3 is 15.6 Å². The van der Waals surface area contributed by atoms with Gasteiger partial charge in [0, 0.05) is 12.4 Å². The Morgan fingerprint density at radius 2 is 2.47 bits per heavy atom. The minimum Gasteiger partial charge on any atom is -0.480 e. The van der Waals surface area contributed by atoms with Crippen molar-refractivity contribution in [1.29, 1.82) is 0 Å². The first-order chi connectivity index (χ1) is 7.20. The zero-order valence-electron chi connectivity index (χ0n) is 8.85. The lowest BCUT2D eigenvalue weighted by Gasteiger charge is -2.09. The summed E-state index contributed by atoms with van der Waals surface area (Å²) < 4.78 is 5.49. The van der Waals surface area contributed by atoms with Gasteiger partial charge in [0.05, 0.1) is 6.10 Å². The third-order valence-corrected chi connectivity index (χ3v) is 3.63. The van der Waals surface area contributed by atoms with Crippen LogP contribution in [0.5, 0.6) is 0 Å². The molecule has 4 nitrogen and oxygen atoms in total. The summed E-state index contributed by atoms with van der Waals surface area (Å²) in [6, 6.07) is -0.724. The lowest BCUT2D eigenvalue weighted by atomic mass is 10.1. The van der Waals surface area contributed by atoms with Crippen LogP contribution in [0.4, 0.5) is 0 Å². The zero-order valence-corrected chi connectivity index (χ0v) is 9.67. The molecule has 2 atom stereocenters.